The van der Waals surface area contributed by atoms with Crippen molar-refractivity contribution < 1.29 is 1.43 Å². The van der Waals surface area contributed by atoms with Crippen LogP contribution >= 0.6 is 0 Å². The fraction of sp³-hybridized carbons (Fsp3) is 0.364. The molecule has 0 saturated heterocycles. The van der Waals surface area contributed by atoms with Crippen LogP contribution in [0.3, 0.4) is 0 Å². The van der Waals surface area contributed by atoms with Crippen LogP contribution in [0, 0.1) is 6.92 Å². The van der Waals surface area contributed by atoms with Crippen molar-refractivity contribution in [3.8, 4) is 0 Å². The van der Waals surface area contributed by atoms with Gasteiger partial charge in [-0.15, -0.1) is 0 Å². The van der Waals surface area contributed by atoms with Crippen LogP contribution in [0.1, 0.15) is 27.4 Å². The molecule has 0 saturated carbocycles. The van der Waals surface area contributed by atoms with Crippen LogP contribution in [0.2, 0.25) is 0 Å². The van der Waals surface area contributed by atoms with Crippen LogP contribution in [0.25, 0.3) is 10.9 Å². The summed E-state index contributed by atoms with van der Waals surface area (Å²) in [5.41, 5.74) is 2.29. The highest BCUT2D eigenvalue weighted by Gasteiger charge is 1.93. The third-order valence-electron chi connectivity index (χ3n) is 1.56. The molecule has 0 bridgehead atoms. The van der Waals surface area contributed by atoms with E-state index in [1.165, 1.54) is 17.5 Å². The molecule has 2 aromatic heterocycles. The molecule has 0 aliphatic heterocycles. The predicted octanol–water partition coefficient (Wildman–Crippen LogP) is 3.53. The Balaban J connectivity index is 0.000000381. The monoisotopic (exact) mass is 178 g/mol. The number of hydrogen-bond acceptors (Lipinski definition) is 1. The number of rotatable bonds is 0. The Morgan fingerprint density at radius 2 is 2.15 bits per heavy atom. The molecule has 0 spiro atoms. The number of aromatic nitrogens is 2. The molecule has 0 aromatic carbocycles. The number of nitrogens with one attached hydrogen (secondary N) is 1. The van der Waals surface area contributed by atoms with Crippen molar-refractivity contribution in [1.29, 1.82) is 0 Å². The predicted molar refractivity (Wildman–Crippen MR) is 58.9 cm³/mol. The summed E-state index contributed by atoms with van der Waals surface area (Å²) in [6, 6.07) is 4.11. The van der Waals surface area contributed by atoms with Gasteiger partial charge in [0.1, 0.15) is 0 Å². The molecule has 2 heteroatoms. The molecule has 0 atom stereocenters. The topological polar surface area (TPSA) is 28.7 Å². The fourth-order valence-electron chi connectivity index (χ4n) is 1.12. The third kappa shape index (κ3) is 2.58. The van der Waals surface area contributed by atoms with Crippen molar-refractivity contribution in [1.82, 2.24) is 9.97 Å². The van der Waals surface area contributed by atoms with E-state index in [1.54, 1.807) is 6.20 Å². The highest BCUT2D eigenvalue weighted by atomic mass is 14.7. The van der Waals surface area contributed by atoms with Gasteiger partial charge < -0.3 is 4.98 Å². The van der Waals surface area contributed by atoms with Gasteiger partial charge in [0.2, 0.25) is 0 Å². The van der Waals surface area contributed by atoms with Gasteiger partial charge in [-0.1, -0.05) is 20.3 Å². The Hall–Kier alpha value is -1.31. The van der Waals surface area contributed by atoms with Gasteiger partial charge in [-0.25, -0.2) is 0 Å². The molecular weight excluding hydrogens is 160 g/mol. The number of H-pyrrole nitrogens is 1. The number of hydrogen-bond donors (Lipinski definition) is 1. The quantitative estimate of drug-likeness (QED) is 0.656. The van der Waals surface area contributed by atoms with Crippen LogP contribution in [0.5, 0.6) is 0 Å². The summed E-state index contributed by atoms with van der Waals surface area (Å²) < 4.78 is 0. The van der Waals surface area contributed by atoms with Crippen molar-refractivity contribution in [3.05, 3.63) is 30.2 Å². The molecule has 1 N–H and O–H groups in total. The van der Waals surface area contributed by atoms with E-state index in [2.05, 4.69) is 29.9 Å². The normalized spacial score (nSPS) is 9.46. The summed E-state index contributed by atoms with van der Waals surface area (Å²) in [5.74, 6) is 0. The molecule has 0 aliphatic rings. The number of aromatic amines is 1. The lowest BCUT2D eigenvalue weighted by atomic mass is 10.3. The summed E-state index contributed by atoms with van der Waals surface area (Å²) in [4.78, 5) is 7.19. The summed E-state index contributed by atoms with van der Waals surface area (Å²) >= 11 is 0. The molecule has 2 nitrogen and oxygen atoms in total. The molecule has 2 rings (SSSR count). The molecule has 0 fully saturated rings. The second-order valence-corrected chi connectivity index (χ2v) is 3.12. The smallest absolute Gasteiger partial charge is 0.0642 e. The van der Waals surface area contributed by atoms with Crippen molar-refractivity contribution in [2.45, 2.75) is 27.2 Å². The lowest BCUT2D eigenvalue weighted by Gasteiger charge is -1.83. The minimum atomic E-state index is 0. The molecule has 0 aliphatic carbocycles. The summed E-state index contributed by atoms with van der Waals surface area (Å²) in [5, 5.41) is 1.23. The van der Waals surface area contributed by atoms with Crippen LogP contribution in [0.15, 0.2) is 24.5 Å². The Morgan fingerprint density at radius 1 is 1.46 bits per heavy atom. The van der Waals surface area contributed by atoms with Gasteiger partial charge in [-0.05, 0) is 19.1 Å². The van der Waals surface area contributed by atoms with Crippen LogP contribution in [-0.2, 0) is 0 Å². The first kappa shape index (κ1) is 9.78. The van der Waals surface area contributed by atoms with E-state index in [0.717, 1.165) is 5.52 Å². The van der Waals surface area contributed by atoms with E-state index in [4.69, 9.17) is 0 Å². The van der Waals surface area contributed by atoms with Gasteiger partial charge in [0.25, 0.3) is 0 Å². The van der Waals surface area contributed by atoms with E-state index in [1.807, 2.05) is 19.2 Å². The molecule has 0 unspecified atom stereocenters. The van der Waals surface area contributed by atoms with Crippen molar-refractivity contribution in [3.63, 3.8) is 0 Å². The zero-order valence-corrected chi connectivity index (χ0v) is 8.46. The van der Waals surface area contributed by atoms with Gasteiger partial charge in [0.15, 0.2) is 0 Å². The minimum absolute atomic E-state index is 0. The molecule has 2 aromatic rings. The Bertz CT molecular complexity index is 335. The lowest BCUT2D eigenvalue weighted by Crippen LogP contribution is -1.69. The average Bonchev–Trinajstić information content (AvgIpc) is 2.45. The van der Waals surface area contributed by atoms with Crippen molar-refractivity contribution in [2.75, 3.05) is 0 Å². The van der Waals surface area contributed by atoms with Gasteiger partial charge in [-0.2, -0.15) is 0 Å². The highest BCUT2D eigenvalue weighted by molar-refractivity contribution is 5.78. The van der Waals surface area contributed by atoms with Gasteiger partial charge in [0.05, 0.1) is 11.7 Å². The molecular formula is C11H18N2. The van der Waals surface area contributed by atoms with E-state index >= 15 is 0 Å². The average molecular weight is 178 g/mol. The number of fused-ring (bicyclic) bond motifs is 1. The minimum Gasteiger partial charge on any atom is -0.357 e. The first-order chi connectivity index (χ1) is 6.27. The largest absolute Gasteiger partial charge is 0.357 e. The fourth-order valence-corrected chi connectivity index (χ4v) is 1.12. The standard InChI is InChI=1S/C8H8N2.C3H8.H2/c1-6-4-7-2-3-9-5-8(7)10-6;1-3-2;/h2-5,10H,1H3;3H2,1-2H3;1H. The van der Waals surface area contributed by atoms with Crippen LogP contribution in [-0.4, -0.2) is 9.97 Å². The van der Waals surface area contributed by atoms with Crippen molar-refractivity contribution >= 4 is 10.9 Å². The lowest BCUT2D eigenvalue weighted by molar-refractivity contribution is 1.09. The van der Waals surface area contributed by atoms with Gasteiger partial charge in [-0.3, -0.25) is 4.98 Å². The summed E-state index contributed by atoms with van der Waals surface area (Å²) in [7, 11) is 0. The van der Waals surface area contributed by atoms with E-state index in [9.17, 15) is 0 Å². The molecule has 0 radical (unpaired) electrons. The van der Waals surface area contributed by atoms with E-state index in [0.29, 0.717) is 0 Å². The van der Waals surface area contributed by atoms with Crippen LogP contribution < -0.4 is 0 Å². The number of pyridine rings is 1. The first-order valence-corrected chi connectivity index (χ1v) is 4.67. The zero-order chi connectivity index (χ0) is 9.68. The first-order valence-electron chi connectivity index (χ1n) is 4.67. The molecule has 0 amide bonds. The zero-order valence-electron chi connectivity index (χ0n) is 8.46. The third-order valence-corrected chi connectivity index (χ3v) is 1.56. The molecule has 13 heavy (non-hydrogen) atoms. The Labute approximate surface area is 80.5 Å². The van der Waals surface area contributed by atoms with E-state index < -0.39 is 0 Å². The number of nitrogens with zero attached hydrogens (tertiary/aromatic N) is 1. The highest BCUT2D eigenvalue weighted by Crippen LogP contribution is 2.11. The number of aryl methyl sites for hydroxylation is 1. The van der Waals surface area contributed by atoms with Crippen LogP contribution in [0.4, 0.5) is 0 Å². The van der Waals surface area contributed by atoms with Gasteiger partial charge >= 0.3 is 0 Å². The van der Waals surface area contributed by atoms with Gasteiger partial charge in [0, 0.05) is 18.7 Å². The maximum absolute atomic E-state index is 3.99. The van der Waals surface area contributed by atoms with Crippen molar-refractivity contribution in [2.24, 2.45) is 0 Å². The van der Waals surface area contributed by atoms with E-state index in [-0.39, 0.29) is 1.43 Å². The molecule has 2 heterocycles. The summed E-state index contributed by atoms with van der Waals surface area (Å²) in [6.45, 7) is 6.29. The maximum atomic E-state index is 3.99. The Morgan fingerprint density at radius 3 is 2.77 bits per heavy atom. The maximum Gasteiger partial charge on any atom is 0.0642 e. The SMILES string of the molecule is CCC.Cc1cc2ccncc2[nH]1.[HH]. The Kier molecular flexibility index (Phi) is 3.50. The second-order valence-electron chi connectivity index (χ2n) is 3.12. The molecule has 72 valence electrons. The second kappa shape index (κ2) is 4.65. The summed E-state index contributed by atoms with van der Waals surface area (Å²) in [6.07, 6.45) is 4.89.